The summed E-state index contributed by atoms with van der Waals surface area (Å²) in [6.07, 6.45) is 3.92. The first-order valence-electron chi connectivity index (χ1n) is 4.47. The van der Waals surface area contributed by atoms with E-state index < -0.39 is 0 Å². The Balaban J connectivity index is 1.83. The molecule has 0 radical (unpaired) electrons. The number of thiophene rings is 1. The third kappa shape index (κ3) is 3.18. The van der Waals surface area contributed by atoms with Crippen molar-refractivity contribution in [3.05, 3.63) is 39.9 Å². The summed E-state index contributed by atoms with van der Waals surface area (Å²) in [5.41, 5.74) is 0. The fourth-order valence-electron chi connectivity index (χ4n) is 1.11. The van der Waals surface area contributed by atoms with Gasteiger partial charge in [0.05, 0.1) is 19.0 Å². The van der Waals surface area contributed by atoms with Crippen molar-refractivity contribution >= 4 is 22.9 Å². The van der Waals surface area contributed by atoms with Gasteiger partial charge in [0.15, 0.2) is 5.15 Å². The number of ether oxygens (including phenoxy) is 1. The van der Waals surface area contributed by atoms with Crippen molar-refractivity contribution in [1.29, 1.82) is 0 Å². The van der Waals surface area contributed by atoms with E-state index in [-0.39, 0.29) is 0 Å². The second-order valence-electron chi connectivity index (χ2n) is 2.86. The summed E-state index contributed by atoms with van der Waals surface area (Å²) in [4.78, 5) is 9.16. The monoisotopic (exact) mass is 240 g/mol. The maximum absolute atomic E-state index is 5.67. The third-order valence-electron chi connectivity index (χ3n) is 1.76. The Bertz CT molecular complexity index is 419. The molecule has 78 valence electrons. The predicted octanol–water partition coefficient (Wildman–Crippen LogP) is 2.81. The van der Waals surface area contributed by atoms with Crippen molar-refractivity contribution in [1.82, 2.24) is 9.97 Å². The minimum atomic E-state index is 0.351. The van der Waals surface area contributed by atoms with E-state index in [0.717, 1.165) is 6.42 Å². The number of halogens is 1. The topological polar surface area (TPSA) is 35.0 Å². The standard InChI is InChI=1S/C10H9ClN2OS/c11-9-6-12-7-10(13-9)14-4-3-8-2-1-5-15-8/h1-2,5-7H,3-4H2. The van der Waals surface area contributed by atoms with Crippen LogP contribution < -0.4 is 4.74 Å². The summed E-state index contributed by atoms with van der Waals surface area (Å²) < 4.78 is 5.41. The first kappa shape index (κ1) is 10.4. The molecule has 0 amide bonds. The highest BCUT2D eigenvalue weighted by atomic mass is 35.5. The second-order valence-corrected chi connectivity index (χ2v) is 4.28. The van der Waals surface area contributed by atoms with E-state index in [4.69, 9.17) is 16.3 Å². The van der Waals surface area contributed by atoms with E-state index in [9.17, 15) is 0 Å². The molecule has 0 atom stereocenters. The molecule has 5 heteroatoms. The van der Waals surface area contributed by atoms with Gasteiger partial charge in [0.2, 0.25) is 5.88 Å². The average molecular weight is 241 g/mol. The second kappa shape index (κ2) is 5.09. The summed E-state index contributed by atoms with van der Waals surface area (Å²) in [7, 11) is 0. The van der Waals surface area contributed by atoms with Crippen LogP contribution in [0.3, 0.4) is 0 Å². The third-order valence-corrected chi connectivity index (χ3v) is 2.88. The van der Waals surface area contributed by atoms with Crippen LogP contribution in [0.4, 0.5) is 0 Å². The van der Waals surface area contributed by atoms with E-state index in [1.807, 2.05) is 6.07 Å². The van der Waals surface area contributed by atoms with Crippen molar-refractivity contribution in [3.63, 3.8) is 0 Å². The Kier molecular flexibility index (Phi) is 3.53. The molecule has 0 aromatic carbocycles. The minimum Gasteiger partial charge on any atom is -0.476 e. The van der Waals surface area contributed by atoms with Gasteiger partial charge in [-0.25, -0.2) is 0 Å². The summed E-state index contributed by atoms with van der Waals surface area (Å²) >= 11 is 7.39. The maximum Gasteiger partial charge on any atom is 0.233 e. The van der Waals surface area contributed by atoms with Gasteiger partial charge in [-0.1, -0.05) is 17.7 Å². The molecule has 2 aromatic rings. The molecule has 2 aromatic heterocycles. The fraction of sp³-hybridized carbons (Fsp3) is 0.200. The molecular formula is C10H9ClN2OS. The Hall–Kier alpha value is -1.13. The van der Waals surface area contributed by atoms with Crippen LogP contribution >= 0.6 is 22.9 Å². The van der Waals surface area contributed by atoms with E-state index in [2.05, 4.69) is 21.4 Å². The van der Waals surface area contributed by atoms with Gasteiger partial charge < -0.3 is 4.74 Å². The molecule has 0 aliphatic carbocycles. The lowest BCUT2D eigenvalue weighted by atomic mass is 10.4. The van der Waals surface area contributed by atoms with Gasteiger partial charge in [-0.3, -0.25) is 4.98 Å². The zero-order valence-corrected chi connectivity index (χ0v) is 9.46. The predicted molar refractivity (Wildman–Crippen MR) is 60.6 cm³/mol. The molecule has 0 unspecified atom stereocenters. The number of rotatable bonds is 4. The van der Waals surface area contributed by atoms with Crippen molar-refractivity contribution in [2.75, 3.05) is 6.61 Å². The molecule has 0 saturated heterocycles. The Labute approximate surface area is 96.7 Å². The van der Waals surface area contributed by atoms with Gasteiger partial charge in [0, 0.05) is 11.3 Å². The zero-order valence-electron chi connectivity index (χ0n) is 7.89. The molecular weight excluding hydrogens is 232 g/mol. The molecule has 0 aliphatic rings. The van der Waals surface area contributed by atoms with Crippen molar-refractivity contribution in [3.8, 4) is 5.88 Å². The normalized spacial score (nSPS) is 10.2. The first-order chi connectivity index (χ1) is 7.34. The van der Waals surface area contributed by atoms with Gasteiger partial charge in [-0.05, 0) is 11.4 Å². The lowest BCUT2D eigenvalue weighted by Gasteiger charge is -2.03. The van der Waals surface area contributed by atoms with Gasteiger partial charge in [-0.15, -0.1) is 11.3 Å². The molecule has 0 aliphatic heterocycles. The largest absolute Gasteiger partial charge is 0.476 e. The summed E-state index contributed by atoms with van der Waals surface area (Å²) in [6.45, 7) is 0.593. The van der Waals surface area contributed by atoms with E-state index in [1.54, 1.807) is 17.5 Å². The SMILES string of the molecule is Clc1cncc(OCCc2cccs2)n1. The van der Waals surface area contributed by atoms with Crippen LogP contribution in [0.1, 0.15) is 4.88 Å². The molecule has 0 bridgehead atoms. The molecule has 0 saturated carbocycles. The summed E-state index contributed by atoms with van der Waals surface area (Å²) in [6, 6.07) is 4.11. The Morgan fingerprint density at radius 3 is 3.07 bits per heavy atom. The Morgan fingerprint density at radius 2 is 2.33 bits per heavy atom. The van der Waals surface area contributed by atoms with Gasteiger partial charge in [-0.2, -0.15) is 4.98 Å². The molecule has 0 spiro atoms. The van der Waals surface area contributed by atoms with Crippen LogP contribution in [-0.4, -0.2) is 16.6 Å². The van der Waals surface area contributed by atoms with Crippen LogP contribution in [-0.2, 0) is 6.42 Å². The lowest BCUT2D eigenvalue weighted by molar-refractivity contribution is 0.309. The molecule has 0 N–H and O–H groups in total. The van der Waals surface area contributed by atoms with Crippen LogP contribution in [0, 0.1) is 0 Å². The highest BCUT2D eigenvalue weighted by Crippen LogP contribution is 2.12. The van der Waals surface area contributed by atoms with Crippen LogP contribution in [0.2, 0.25) is 5.15 Å². The molecule has 2 heterocycles. The average Bonchev–Trinajstić information content (AvgIpc) is 2.71. The van der Waals surface area contributed by atoms with E-state index in [1.165, 1.54) is 11.1 Å². The molecule has 15 heavy (non-hydrogen) atoms. The minimum absolute atomic E-state index is 0.351. The van der Waals surface area contributed by atoms with Gasteiger partial charge in [0.25, 0.3) is 0 Å². The zero-order chi connectivity index (χ0) is 10.5. The van der Waals surface area contributed by atoms with Crippen molar-refractivity contribution in [2.24, 2.45) is 0 Å². The summed E-state index contributed by atoms with van der Waals surface area (Å²) in [5.74, 6) is 0.471. The molecule has 0 fully saturated rings. The lowest BCUT2D eigenvalue weighted by Crippen LogP contribution is -2.01. The number of hydrogen-bond donors (Lipinski definition) is 0. The van der Waals surface area contributed by atoms with Crippen LogP contribution in [0.5, 0.6) is 5.88 Å². The quantitative estimate of drug-likeness (QED) is 0.824. The highest BCUT2D eigenvalue weighted by Gasteiger charge is 1.98. The fourth-order valence-corrected chi connectivity index (χ4v) is 1.94. The Morgan fingerprint density at radius 1 is 1.40 bits per heavy atom. The van der Waals surface area contributed by atoms with Crippen LogP contribution in [0.25, 0.3) is 0 Å². The number of aromatic nitrogens is 2. The number of nitrogens with zero attached hydrogens (tertiary/aromatic N) is 2. The number of hydrogen-bond acceptors (Lipinski definition) is 4. The smallest absolute Gasteiger partial charge is 0.233 e. The van der Waals surface area contributed by atoms with E-state index in [0.29, 0.717) is 17.6 Å². The van der Waals surface area contributed by atoms with Crippen LogP contribution in [0.15, 0.2) is 29.9 Å². The van der Waals surface area contributed by atoms with Gasteiger partial charge >= 0.3 is 0 Å². The molecule has 2 rings (SSSR count). The highest BCUT2D eigenvalue weighted by molar-refractivity contribution is 7.09. The van der Waals surface area contributed by atoms with Gasteiger partial charge in [0.1, 0.15) is 0 Å². The maximum atomic E-state index is 5.67. The van der Waals surface area contributed by atoms with Crippen molar-refractivity contribution in [2.45, 2.75) is 6.42 Å². The van der Waals surface area contributed by atoms with Crippen molar-refractivity contribution < 1.29 is 4.74 Å². The van der Waals surface area contributed by atoms with E-state index >= 15 is 0 Å². The first-order valence-corrected chi connectivity index (χ1v) is 5.73. The molecule has 3 nitrogen and oxygen atoms in total. The summed E-state index contributed by atoms with van der Waals surface area (Å²) in [5, 5.41) is 2.40.